The molecule has 1 aliphatic heterocycles. The molecule has 0 fully saturated rings. The number of esters is 1. The average Bonchev–Trinajstić information content (AvgIpc) is 2.97. The number of amides is 2. The third kappa shape index (κ3) is 4.71. The fourth-order valence-corrected chi connectivity index (χ4v) is 3.34. The van der Waals surface area contributed by atoms with E-state index in [0.717, 1.165) is 11.1 Å². The summed E-state index contributed by atoms with van der Waals surface area (Å²) in [6.07, 6.45) is 0.459. The van der Waals surface area contributed by atoms with E-state index >= 15 is 0 Å². The summed E-state index contributed by atoms with van der Waals surface area (Å²) in [6, 6.07) is 16.7. The first-order valence-electron chi connectivity index (χ1n) is 9.58. The second-order valence-corrected chi connectivity index (χ2v) is 6.83. The first-order valence-corrected chi connectivity index (χ1v) is 9.58. The first-order chi connectivity index (χ1) is 14.0. The molecule has 6 heteroatoms. The van der Waals surface area contributed by atoms with E-state index in [4.69, 9.17) is 4.74 Å². The molecule has 0 radical (unpaired) electrons. The van der Waals surface area contributed by atoms with Gasteiger partial charge in [-0.1, -0.05) is 55.1 Å². The molecule has 0 spiro atoms. The number of carbonyl (C=O) groups excluding carboxylic acids is 3. The van der Waals surface area contributed by atoms with Crippen molar-refractivity contribution in [1.29, 1.82) is 0 Å². The maximum atomic E-state index is 12.5. The molecule has 0 aliphatic carbocycles. The number of hydrogen-bond acceptors (Lipinski definition) is 4. The molecule has 0 aromatic heterocycles. The highest BCUT2D eigenvalue weighted by molar-refractivity contribution is 6.10. The molecular formula is C23H24N2O4. The highest BCUT2D eigenvalue weighted by Gasteiger charge is 2.32. The van der Waals surface area contributed by atoms with Crippen molar-refractivity contribution in [2.24, 2.45) is 5.92 Å². The van der Waals surface area contributed by atoms with E-state index in [2.05, 4.69) is 11.9 Å². The molecule has 0 saturated carbocycles. The van der Waals surface area contributed by atoms with Gasteiger partial charge in [-0.05, 0) is 25.0 Å². The second kappa shape index (κ2) is 9.19. The molecule has 29 heavy (non-hydrogen) atoms. The minimum Gasteiger partial charge on any atom is -0.466 e. The fourth-order valence-electron chi connectivity index (χ4n) is 3.34. The maximum absolute atomic E-state index is 12.5. The van der Waals surface area contributed by atoms with Crippen molar-refractivity contribution in [2.75, 3.05) is 19.7 Å². The van der Waals surface area contributed by atoms with Gasteiger partial charge in [-0.25, -0.2) is 0 Å². The number of rotatable bonds is 8. The van der Waals surface area contributed by atoms with Crippen molar-refractivity contribution in [3.8, 4) is 0 Å². The predicted octanol–water partition coefficient (Wildman–Crippen LogP) is 2.65. The van der Waals surface area contributed by atoms with Crippen LogP contribution < -0.4 is 5.32 Å². The molecule has 0 saturated heterocycles. The first kappa shape index (κ1) is 20.3. The molecule has 2 aromatic carbocycles. The highest BCUT2D eigenvalue weighted by atomic mass is 16.5. The molecule has 150 valence electrons. The van der Waals surface area contributed by atoms with Gasteiger partial charge in [0.1, 0.15) is 6.54 Å². The van der Waals surface area contributed by atoms with Crippen molar-refractivity contribution in [3.63, 3.8) is 0 Å². The van der Waals surface area contributed by atoms with Crippen molar-refractivity contribution in [1.82, 2.24) is 10.2 Å². The topological polar surface area (TPSA) is 75.7 Å². The molecule has 1 N–H and O–H groups in total. The number of nitrogens with zero attached hydrogens (tertiary/aromatic N) is 1. The van der Waals surface area contributed by atoms with E-state index in [1.807, 2.05) is 42.5 Å². The summed E-state index contributed by atoms with van der Waals surface area (Å²) in [5.74, 6) is -1.46. The Balaban J connectivity index is 1.61. The summed E-state index contributed by atoms with van der Waals surface area (Å²) < 4.78 is 5.15. The van der Waals surface area contributed by atoms with Crippen LogP contribution in [-0.2, 0) is 20.7 Å². The van der Waals surface area contributed by atoms with E-state index in [1.54, 1.807) is 19.1 Å². The van der Waals surface area contributed by atoms with Crippen LogP contribution in [0.3, 0.4) is 0 Å². The zero-order valence-corrected chi connectivity index (χ0v) is 16.4. The van der Waals surface area contributed by atoms with Gasteiger partial charge in [0.05, 0.1) is 12.5 Å². The lowest BCUT2D eigenvalue weighted by Crippen LogP contribution is -2.41. The lowest BCUT2D eigenvalue weighted by molar-refractivity contribution is -0.147. The number of nitrogens with one attached hydrogen (secondary N) is 1. The predicted molar refractivity (Wildman–Crippen MR) is 110 cm³/mol. The lowest BCUT2D eigenvalue weighted by Gasteiger charge is -2.19. The van der Waals surface area contributed by atoms with Crippen LogP contribution in [0.15, 0.2) is 61.2 Å². The zero-order valence-electron chi connectivity index (χ0n) is 16.4. The minimum absolute atomic E-state index is 0.133. The number of hydrogen-bond donors (Lipinski definition) is 1. The number of ether oxygens (including phenoxy) is 1. The van der Waals surface area contributed by atoms with Crippen molar-refractivity contribution in [2.45, 2.75) is 13.3 Å². The minimum atomic E-state index is -0.504. The Kier molecular flexibility index (Phi) is 6.44. The Morgan fingerprint density at radius 3 is 2.38 bits per heavy atom. The van der Waals surface area contributed by atoms with E-state index in [-0.39, 0.29) is 37.5 Å². The van der Waals surface area contributed by atoms with E-state index in [0.29, 0.717) is 17.7 Å². The third-order valence-corrected chi connectivity index (χ3v) is 4.83. The van der Waals surface area contributed by atoms with Gasteiger partial charge in [0, 0.05) is 23.4 Å². The zero-order chi connectivity index (χ0) is 20.8. The largest absolute Gasteiger partial charge is 0.466 e. The van der Waals surface area contributed by atoms with Crippen LogP contribution in [0.1, 0.15) is 28.4 Å². The van der Waals surface area contributed by atoms with Crippen LogP contribution in [0.5, 0.6) is 0 Å². The SMILES string of the molecule is C=C1c2ccccc2C(=O)N1CC(=O)NCC(Cc1ccccc1)C(=O)OCC. The van der Waals surface area contributed by atoms with Crippen LogP contribution in [-0.4, -0.2) is 42.4 Å². The van der Waals surface area contributed by atoms with Crippen LogP contribution >= 0.6 is 0 Å². The number of benzene rings is 2. The molecule has 2 amide bonds. The van der Waals surface area contributed by atoms with Gasteiger partial charge in [-0.2, -0.15) is 0 Å². The van der Waals surface area contributed by atoms with E-state index in [1.165, 1.54) is 4.90 Å². The molecule has 1 unspecified atom stereocenters. The molecule has 6 nitrogen and oxygen atoms in total. The van der Waals surface area contributed by atoms with Gasteiger partial charge in [-0.3, -0.25) is 19.3 Å². The fraction of sp³-hybridized carbons (Fsp3) is 0.261. The highest BCUT2D eigenvalue weighted by Crippen LogP contribution is 2.30. The normalized spacial score (nSPS) is 13.8. The molecule has 0 bridgehead atoms. The summed E-state index contributed by atoms with van der Waals surface area (Å²) in [6.45, 7) is 5.95. The van der Waals surface area contributed by atoms with Gasteiger partial charge in [-0.15, -0.1) is 0 Å². The summed E-state index contributed by atoms with van der Waals surface area (Å²) in [7, 11) is 0. The van der Waals surface area contributed by atoms with E-state index in [9.17, 15) is 14.4 Å². The molecule has 1 aliphatic rings. The summed E-state index contributed by atoms with van der Waals surface area (Å²) in [5.41, 5.74) is 2.77. The summed E-state index contributed by atoms with van der Waals surface area (Å²) in [4.78, 5) is 38.7. The van der Waals surface area contributed by atoms with Gasteiger partial charge < -0.3 is 10.1 Å². The Morgan fingerprint density at radius 1 is 1.07 bits per heavy atom. The lowest BCUT2D eigenvalue weighted by atomic mass is 9.99. The number of fused-ring (bicyclic) bond motifs is 1. The van der Waals surface area contributed by atoms with Crippen molar-refractivity contribution < 1.29 is 19.1 Å². The van der Waals surface area contributed by atoms with Gasteiger partial charge in [0.15, 0.2) is 0 Å². The maximum Gasteiger partial charge on any atom is 0.311 e. The van der Waals surface area contributed by atoms with Crippen LogP contribution in [0.2, 0.25) is 0 Å². The second-order valence-electron chi connectivity index (χ2n) is 6.83. The molecule has 3 rings (SSSR count). The van der Waals surface area contributed by atoms with Crippen molar-refractivity contribution in [3.05, 3.63) is 77.9 Å². The molecular weight excluding hydrogens is 368 g/mol. The van der Waals surface area contributed by atoms with Crippen molar-refractivity contribution >= 4 is 23.5 Å². The monoisotopic (exact) mass is 392 g/mol. The molecule has 1 heterocycles. The van der Waals surface area contributed by atoms with Crippen LogP contribution in [0.25, 0.3) is 5.70 Å². The summed E-state index contributed by atoms with van der Waals surface area (Å²) >= 11 is 0. The molecule has 1 atom stereocenters. The third-order valence-electron chi connectivity index (χ3n) is 4.83. The van der Waals surface area contributed by atoms with Gasteiger partial charge in [0.2, 0.25) is 5.91 Å². The van der Waals surface area contributed by atoms with Gasteiger partial charge >= 0.3 is 5.97 Å². The average molecular weight is 392 g/mol. The standard InChI is InChI=1S/C23H24N2O4/c1-3-29-23(28)18(13-17-9-5-4-6-10-17)14-24-21(26)15-25-16(2)19-11-7-8-12-20(19)22(25)27/h4-12,18H,2-3,13-15H2,1H3,(H,24,26). The Morgan fingerprint density at radius 2 is 1.72 bits per heavy atom. The Bertz CT molecular complexity index is 888. The van der Waals surface area contributed by atoms with Gasteiger partial charge in [0.25, 0.3) is 5.91 Å². The number of carbonyl (C=O) groups is 3. The van der Waals surface area contributed by atoms with E-state index < -0.39 is 5.92 Å². The quantitative estimate of drug-likeness (QED) is 0.701. The molecule has 2 aromatic rings. The Hall–Kier alpha value is -3.41. The summed E-state index contributed by atoms with van der Waals surface area (Å²) in [5, 5.41) is 2.76. The van der Waals surface area contributed by atoms with Crippen LogP contribution in [0.4, 0.5) is 0 Å². The smallest absolute Gasteiger partial charge is 0.311 e. The Labute approximate surface area is 170 Å². The van der Waals surface area contributed by atoms with Crippen LogP contribution in [0, 0.1) is 5.92 Å².